The molecule has 0 saturated carbocycles. The van der Waals surface area contributed by atoms with E-state index in [2.05, 4.69) is 5.32 Å². The Morgan fingerprint density at radius 1 is 0.700 bits per heavy atom. The van der Waals surface area contributed by atoms with Crippen LogP contribution in [0.1, 0.15) is 42.5 Å². The summed E-state index contributed by atoms with van der Waals surface area (Å²) in [5.74, 6) is -2.09. The lowest BCUT2D eigenvalue weighted by Gasteiger charge is -2.36. The second-order valence-electron chi connectivity index (χ2n) is 13.4. The van der Waals surface area contributed by atoms with Crippen molar-refractivity contribution < 1.29 is 24.2 Å². The van der Waals surface area contributed by atoms with Crippen LogP contribution >= 0.6 is 0 Å². The van der Waals surface area contributed by atoms with Crippen LogP contribution < -0.4 is 5.32 Å². The lowest BCUT2D eigenvalue weighted by molar-refractivity contribution is -0.151. The van der Waals surface area contributed by atoms with Crippen molar-refractivity contribution >= 4 is 28.7 Å². The molecule has 0 aliphatic heterocycles. The Labute approximate surface area is 294 Å². The Morgan fingerprint density at radius 2 is 1.28 bits per heavy atom. The number of aliphatic carboxylic acids is 1. The molecule has 0 fully saturated rings. The molecule has 5 rings (SSSR count). The van der Waals surface area contributed by atoms with Gasteiger partial charge >= 0.3 is 18.0 Å². The molecule has 0 saturated heterocycles. The Kier molecular flexibility index (Phi) is 12.4. The number of carboxylic acid groups (broad SMARTS) is 1. The number of nitrogens with one attached hydrogen (secondary N) is 1. The maximum absolute atomic E-state index is 14.5. The summed E-state index contributed by atoms with van der Waals surface area (Å²) in [6.45, 7) is 4.53. The number of amides is 2. The molecule has 0 heterocycles. The highest BCUT2D eigenvalue weighted by atomic mass is 16.5. The molecule has 0 aliphatic carbocycles. The van der Waals surface area contributed by atoms with E-state index >= 15 is 0 Å². The highest BCUT2D eigenvalue weighted by Crippen LogP contribution is 2.27. The van der Waals surface area contributed by atoms with Gasteiger partial charge in [-0.25, -0.2) is 9.59 Å². The van der Waals surface area contributed by atoms with Crippen molar-refractivity contribution in [2.45, 2.75) is 51.7 Å². The maximum atomic E-state index is 14.5. The van der Waals surface area contributed by atoms with E-state index in [0.717, 1.165) is 33.0 Å². The second kappa shape index (κ2) is 17.3. The molecule has 0 aromatic heterocycles. The van der Waals surface area contributed by atoms with Gasteiger partial charge in [-0.3, -0.25) is 4.79 Å². The molecule has 7 heteroatoms. The summed E-state index contributed by atoms with van der Waals surface area (Å²) >= 11 is 0. The zero-order valence-corrected chi connectivity index (χ0v) is 28.8. The van der Waals surface area contributed by atoms with E-state index in [1.165, 1.54) is 0 Å². The molecule has 2 atom stereocenters. The van der Waals surface area contributed by atoms with Gasteiger partial charge in [0.05, 0.1) is 5.92 Å². The number of esters is 1. The van der Waals surface area contributed by atoms with Gasteiger partial charge in [-0.15, -0.1) is 0 Å². The Balaban J connectivity index is 1.45. The number of nitrogens with zero attached hydrogens (tertiary/aromatic N) is 1. The molecule has 258 valence electrons. The van der Waals surface area contributed by atoms with Crippen molar-refractivity contribution in [3.63, 3.8) is 0 Å². The maximum Gasteiger partial charge on any atom is 0.330 e. The van der Waals surface area contributed by atoms with Crippen LogP contribution in [0.2, 0.25) is 0 Å². The first-order valence-electron chi connectivity index (χ1n) is 17.3. The fourth-order valence-electron chi connectivity index (χ4n) is 6.42. The molecule has 50 heavy (non-hydrogen) atoms. The van der Waals surface area contributed by atoms with Gasteiger partial charge in [0.25, 0.3) is 0 Å². The number of ether oxygens (including phenoxy) is 1. The average Bonchev–Trinajstić information content (AvgIpc) is 3.13. The molecule has 0 radical (unpaired) electrons. The predicted molar refractivity (Wildman–Crippen MR) is 198 cm³/mol. The molecule has 0 spiro atoms. The van der Waals surface area contributed by atoms with Gasteiger partial charge in [0.1, 0.15) is 12.1 Å². The molecule has 7 nitrogen and oxygen atoms in total. The number of fused-ring (bicyclic) bond motifs is 1. The highest BCUT2D eigenvalue weighted by Gasteiger charge is 2.42. The van der Waals surface area contributed by atoms with Gasteiger partial charge in [0, 0.05) is 25.9 Å². The Bertz CT molecular complexity index is 1840. The number of hydrogen-bond donors (Lipinski definition) is 2. The van der Waals surface area contributed by atoms with Crippen molar-refractivity contribution in [3.05, 3.63) is 156 Å². The van der Waals surface area contributed by atoms with E-state index in [-0.39, 0.29) is 31.9 Å². The summed E-state index contributed by atoms with van der Waals surface area (Å²) in [5.41, 5.74) is 1.89. The van der Waals surface area contributed by atoms with E-state index in [4.69, 9.17) is 4.74 Å². The van der Waals surface area contributed by atoms with Crippen LogP contribution in [0, 0.1) is 11.8 Å². The topological polar surface area (TPSA) is 95.9 Å². The molecule has 0 bridgehead atoms. The quantitative estimate of drug-likeness (QED) is 0.103. The number of aryl methyl sites for hydroxylation is 1. The van der Waals surface area contributed by atoms with Crippen LogP contribution in [-0.2, 0) is 40.2 Å². The van der Waals surface area contributed by atoms with Gasteiger partial charge in [0.15, 0.2) is 0 Å². The van der Waals surface area contributed by atoms with Crippen LogP contribution in [-0.4, -0.2) is 46.6 Å². The smallest absolute Gasteiger partial charge is 0.330 e. The summed E-state index contributed by atoms with van der Waals surface area (Å²) < 4.78 is 5.81. The minimum absolute atomic E-state index is 0.0577. The van der Waals surface area contributed by atoms with E-state index in [9.17, 15) is 19.5 Å². The molecule has 5 aromatic carbocycles. The largest absolute Gasteiger partial charge is 0.479 e. The van der Waals surface area contributed by atoms with Crippen LogP contribution in [0.5, 0.6) is 0 Å². The predicted octanol–water partition coefficient (Wildman–Crippen LogP) is 8.11. The molecular formula is C43H46N2O5. The first kappa shape index (κ1) is 35.9. The lowest BCUT2D eigenvalue weighted by Crippen LogP contribution is -2.61. The number of carbonyl (C=O) groups is 3. The first-order chi connectivity index (χ1) is 24.2. The summed E-state index contributed by atoms with van der Waals surface area (Å²) in [4.78, 5) is 43.2. The van der Waals surface area contributed by atoms with Crippen molar-refractivity contribution in [3.8, 4) is 0 Å². The third-order valence-electron chi connectivity index (χ3n) is 8.97. The van der Waals surface area contributed by atoms with Crippen molar-refractivity contribution in [2.75, 3.05) is 13.1 Å². The third kappa shape index (κ3) is 9.82. The molecule has 1 unspecified atom stereocenters. The van der Waals surface area contributed by atoms with Gasteiger partial charge in [-0.2, -0.15) is 0 Å². The second-order valence-corrected chi connectivity index (χ2v) is 13.4. The normalized spacial score (nSPS) is 12.9. The number of rotatable bonds is 16. The zero-order chi connectivity index (χ0) is 35.3. The van der Waals surface area contributed by atoms with Gasteiger partial charge in [0.2, 0.25) is 0 Å². The molecule has 5 aromatic rings. The summed E-state index contributed by atoms with van der Waals surface area (Å²) in [6, 6.07) is 41.9. The fraction of sp³-hybridized carbons (Fsp3) is 0.279. The van der Waals surface area contributed by atoms with Crippen molar-refractivity contribution in [1.29, 1.82) is 0 Å². The standard InChI is InChI=1S/C43H46N2O5/c1-32(2)29-45(30-38(26-25-33-15-6-3-7-16-33)40(46)50-31-35-19-10-5-11-20-35)42(49)44-43(41(47)48,27-34-17-8-4-9-18-34)28-37-23-14-22-36-21-12-13-24-39(36)37/h3-24,32,38H,25-31H2,1-2H3,(H,44,49)(H,47,48)/t38?,43-/m0/s1. The Morgan fingerprint density at radius 3 is 1.92 bits per heavy atom. The zero-order valence-electron chi connectivity index (χ0n) is 28.8. The van der Waals surface area contributed by atoms with Gasteiger partial charge < -0.3 is 20.1 Å². The minimum Gasteiger partial charge on any atom is -0.479 e. The number of carbonyl (C=O) groups excluding carboxylic acids is 2. The van der Waals surface area contributed by atoms with E-state index in [1.807, 2.05) is 147 Å². The number of benzene rings is 5. The van der Waals surface area contributed by atoms with Gasteiger partial charge in [-0.05, 0) is 51.8 Å². The number of hydrogen-bond acceptors (Lipinski definition) is 4. The SMILES string of the molecule is CC(C)CN(CC(CCc1ccccc1)C(=O)OCc1ccccc1)C(=O)N[C@@](Cc1ccccc1)(Cc1cccc2ccccc12)C(=O)O. The lowest BCUT2D eigenvalue weighted by atomic mass is 9.83. The first-order valence-corrected chi connectivity index (χ1v) is 17.3. The molecule has 2 N–H and O–H groups in total. The van der Waals surface area contributed by atoms with Crippen LogP contribution in [0.25, 0.3) is 10.8 Å². The third-order valence-corrected chi connectivity index (χ3v) is 8.97. The minimum atomic E-state index is -1.68. The fourth-order valence-corrected chi connectivity index (χ4v) is 6.42. The van der Waals surface area contributed by atoms with E-state index < -0.39 is 29.4 Å². The summed E-state index contributed by atoms with van der Waals surface area (Å²) in [7, 11) is 0. The highest BCUT2D eigenvalue weighted by molar-refractivity contribution is 5.90. The Hall–Kier alpha value is -5.43. The summed E-state index contributed by atoms with van der Waals surface area (Å²) in [5, 5.41) is 15.9. The van der Waals surface area contributed by atoms with Crippen molar-refractivity contribution in [2.24, 2.45) is 11.8 Å². The van der Waals surface area contributed by atoms with Crippen LogP contribution in [0.15, 0.2) is 133 Å². The van der Waals surface area contributed by atoms with Gasteiger partial charge in [-0.1, -0.05) is 147 Å². The van der Waals surface area contributed by atoms with Crippen LogP contribution in [0.3, 0.4) is 0 Å². The molecular weight excluding hydrogens is 624 g/mol. The average molecular weight is 671 g/mol. The van der Waals surface area contributed by atoms with E-state index in [0.29, 0.717) is 19.4 Å². The summed E-state index contributed by atoms with van der Waals surface area (Å²) in [6.07, 6.45) is 1.22. The monoisotopic (exact) mass is 670 g/mol. The van der Waals surface area contributed by atoms with Crippen molar-refractivity contribution in [1.82, 2.24) is 10.2 Å². The number of carboxylic acids is 1. The molecule has 2 amide bonds. The molecule has 0 aliphatic rings. The van der Waals surface area contributed by atoms with Crippen LogP contribution in [0.4, 0.5) is 4.79 Å². The van der Waals surface area contributed by atoms with E-state index in [1.54, 1.807) is 4.90 Å². The number of urea groups is 1.